The maximum absolute atomic E-state index is 12.3. The summed E-state index contributed by atoms with van der Waals surface area (Å²) in [5.41, 5.74) is 1.37. The fraction of sp³-hybridized carbons (Fsp3) is 0.176. The molecule has 25 heavy (non-hydrogen) atoms. The quantitative estimate of drug-likeness (QED) is 0.744. The average molecular weight is 342 g/mol. The molecule has 0 aliphatic rings. The van der Waals surface area contributed by atoms with Crippen LogP contribution in [-0.2, 0) is 0 Å². The van der Waals surface area contributed by atoms with Gasteiger partial charge in [-0.3, -0.25) is 9.72 Å². The van der Waals surface area contributed by atoms with Crippen molar-refractivity contribution in [2.75, 3.05) is 32.0 Å². The van der Waals surface area contributed by atoms with Crippen LogP contribution in [0.3, 0.4) is 0 Å². The van der Waals surface area contributed by atoms with E-state index < -0.39 is 6.03 Å². The van der Waals surface area contributed by atoms with E-state index in [-0.39, 0.29) is 0 Å². The number of anilines is 2. The normalized spacial score (nSPS) is 10.4. The number of nitrogens with one attached hydrogen (secondary N) is 2. The number of carbonyl (C=O) groups excluding carboxylic acids is 1. The van der Waals surface area contributed by atoms with Gasteiger partial charge in [-0.1, -0.05) is 6.07 Å². The Kier molecular flexibility index (Phi) is 4.60. The second kappa shape index (κ2) is 7.00. The Morgan fingerprint density at radius 3 is 2.40 bits per heavy atom. The van der Waals surface area contributed by atoms with Crippen LogP contribution < -0.4 is 24.8 Å². The van der Waals surface area contributed by atoms with Crippen LogP contribution in [0.15, 0.2) is 42.7 Å². The van der Waals surface area contributed by atoms with Gasteiger partial charge >= 0.3 is 6.03 Å². The van der Waals surface area contributed by atoms with Crippen LogP contribution in [-0.4, -0.2) is 36.7 Å². The van der Waals surface area contributed by atoms with E-state index in [0.717, 1.165) is 5.52 Å². The van der Waals surface area contributed by atoms with Crippen molar-refractivity contribution in [3.8, 4) is 17.2 Å². The number of pyridine rings is 1. The molecule has 0 atom stereocenters. The molecule has 130 valence electrons. The van der Waals surface area contributed by atoms with E-state index in [1.165, 1.54) is 21.3 Å². The van der Waals surface area contributed by atoms with Gasteiger partial charge in [-0.15, -0.1) is 0 Å². The summed E-state index contributed by atoms with van der Waals surface area (Å²) in [4.78, 5) is 16.5. The maximum atomic E-state index is 12.3. The van der Waals surface area contributed by atoms with Crippen LogP contribution in [0.25, 0.3) is 5.52 Å². The van der Waals surface area contributed by atoms with E-state index in [1.807, 2.05) is 24.4 Å². The first-order valence-corrected chi connectivity index (χ1v) is 7.46. The monoisotopic (exact) mass is 342 g/mol. The topological polar surface area (TPSA) is 86.1 Å². The van der Waals surface area contributed by atoms with E-state index in [0.29, 0.717) is 28.9 Å². The number of benzene rings is 1. The third-order valence-corrected chi connectivity index (χ3v) is 3.59. The van der Waals surface area contributed by atoms with Crippen molar-refractivity contribution in [2.45, 2.75) is 0 Å². The number of carbonyl (C=O) groups is 1. The minimum Gasteiger partial charge on any atom is -0.493 e. The van der Waals surface area contributed by atoms with Gasteiger partial charge in [-0.25, -0.2) is 9.78 Å². The molecule has 0 aliphatic heterocycles. The highest BCUT2D eigenvalue weighted by Crippen LogP contribution is 2.39. The molecule has 2 heterocycles. The van der Waals surface area contributed by atoms with Crippen molar-refractivity contribution < 1.29 is 19.0 Å². The highest BCUT2D eigenvalue weighted by atomic mass is 16.5. The highest BCUT2D eigenvalue weighted by molar-refractivity contribution is 5.99. The SMILES string of the molecule is COc1cc(NC(=O)Nc2ncc3ccccn23)cc(OC)c1OC. The molecule has 3 rings (SSSR count). The molecule has 0 saturated heterocycles. The molecule has 0 bridgehead atoms. The Hall–Kier alpha value is -3.42. The van der Waals surface area contributed by atoms with E-state index in [4.69, 9.17) is 14.2 Å². The molecule has 0 radical (unpaired) electrons. The second-order valence-electron chi connectivity index (χ2n) is 5.07. The van der Waals surface area contributed by atoms with E-state index in [2.05, 4.69) is 15.6 Å². The molecular weight excluding hydrogens is 324 g/mol. The molecule has 2 N–H and O–H groups in total. The summed E-state index contributed by atoms with van der Waals surface area (Å²) >= 11 is 0. The fourth-order valence-electron chi connectivity index (χ4n) is 2.45. The van der Waals surface area contributed by atoms with Crippen molar-refractivity contribution in [3.05, 3.63) is 42.7 Å². The number of hydrogen-bond donors (Lipinski definition) is 2. The summed E-state index contributed by atoms with van der Waals surface area (Å²) in [6, 6.07) is 8.50. The molecule has 8 heteroatoms. The van der Waals surface area contributed by atoms with Crippen molar-refractivity contribution in [1.29, 1.82) is 0 Å². The summed E-state index contributed by atoms with van der Waals surface area (Å²) in [6.45, 7) is 0. The lowest BCUT2D eigenvalue weighted by molar-refractivity contribution is 0.262. The number of rotatable bonds is 5. The largest absolute Gasteiger partial charge is 0.493 e. The summed E-state index contributed by atoms with van der Waals surface area (Å²) in [5, 5.41) is 5.43. The number of methoxy groups -OCH3 is 3. The molecule has 2 amide bonds. The van der Waals surface area contributed by atoms with Crippen LogP contribution in [0, 0.1) is 0 Å². The Bertz CT molecular complexity index is 882. The third-order valence-electron chi connectivity index (χ3n) is 3.59. The lowest BCUT2D eigenvalue weighted by atomic mass is 10.2. The number of imidazole rings is 1. The van der Waals surface area contributed by atoms with Crippen LogP contribution in [0.4, 0.5) is 16.4 Å². The summed E-state index contributed by atoms with van der Waals surface area (Å²) in [7, 11) is 4.54. The van der Waals surface area contributed by atoms with Crippen LogP contribution in [0.2, 0.25) is 0 Å². The predicted octanol–water partition coefficient (Wildman–Crippen LogP) is 3.00. The molecule has 0 saturated carbocycles. The van der Waals surface area contributed by atoms with Gasteiger partial charge in [0.25, 0.3) is 0 Å². The van der Waals surface area contributed by atoms with Gasteiger partial charge in [0.15, 0.2) is 11.5 Å². The first-order valence-electron chi connectivity index (χ1n) is 7.46. The van der Waals surface area contributed by atoms with E-state index in [9.17, 15) is 4.79 Å². The van der Waals surface area contributed by atoms with Gasteiger partial charge in [0.1, 0.15) is 0 Å². The van der Waals surface area contributed by atoms with Crippen molar-refractivity contribution in [2.24, 2.45) is 0 Å². The molecule has 1 aromatic carbocycles. The molecule has 0 spiro atoms. The standard InChI is InChI=1S/C17H18N4O4/c1-23-13-8-11(9-14(24-2)15(13)25-3)19-17(22)20-16-18-10-12-6-4-5-7-21(12)16/h4-10H,1-3H3,(H2,18,19,20,22). The minimum atomic E-state index is -0.439. The van der Waals surface area contributed by atoms with Crippen LogP contribution in [0.5, 0.6) is 17.2 Å². The van der Waals surface area contributed by atoms with E-state index >= 15 is 0 Å². The molecule has 0 unspecified atom stereocenters. The van der Waals surface area contributed by atoms with Crippen molar-refractivity contribution >= 4 is 23.2 Å². The molecule has 2 aromatic heterocycles. The van der Waals surface area contributed by atoms with Gasteiger partial charge in [-0.05, 0) is 12.1 Å². The first-order chi connectivity index (χ1) is 12.2. The zero-order valence-corrected chi connectivity index (χ0v) is 14.1. The van der Waals surface area contributed by atoms with Gasteiger partial charge < -0.3 is 19.5 Å². The van der Waals surface area contributed by atoms with Gasteiger partial charge in [0.05, 0.1) is 38.7 Å². The number of nitrogens with zero attached hydrogens (tertiary/aromatic N) is 2. The fourth-order valence-corrected chi connectivity index (χ4v) is 2.45. The number of hydrogen-bond acceptors (Lipinski definition) is 5. The van der Waals surface area contributed by atoms with Gasteiger partial charge in [-0.2, -0.15) is 0 Å². The number of urea groups is 1. The molecule has 0 aliphatic carbocycles. The smallest absolute Gasteiger partial charge is 0.326 e. The van der Waals surface area contributed by atoms with Crippen molar-refractivity contribution in [1.82, 2.24) is 9.38 Å². The number of aromatic nitrogens is 2. The zero-order valence-electron chi connectivity index (χ0n) is 14.1. The third kappa shape index (κ3) is 3.27. The lowest BCUT2D eigenvalue weighted by Crippen LogP contribution is -2.21. The Morgan fingerprint density at radius 2 is 1.76 bits per heavy atom. The van der Waals surface area contributed by atoms with Crippen LogP contribution >= 0.6 is 0 Å². The minimum absolute atomic E-state index is 0.417. The number of ether oxygens (including phenoxy) is 3. The Labute approximate surface area is 144 Å². The van der Waals surface area contributed by atoms with Gasteiger partial charge in [0.2, 0.25) is 11.7 Å². The molecule has 0 fully saturated rings. The lowest BCUT2D eigenvalue weighted by Gasteiger charge is -2.14. The average Bonchev–Trinajstić information content (AvgIpc) is 3.03. The Morgan fingerprint density at radius 1 is 1.04 bits per heavy atom. The van der Waals surface area contributed by atoms with E-state index in [1.54, 1.807) is 22.7 Å². The molecule has 8 nitrogen and oxygen atoms in total. The number of fused-ring (bicyclic) bond motifs is 1. The first kappa shape index (κ1) is 16.4. The van der Waals surface area contributed by atoms with Crippen molar-refractivity contribution in [3.63, 3.8) is 0 Å². The molecule has 3 aromatic rings. The second-order valence-corrected chi connectivity index (χ2v) is 5.07. The van der Waals surface area contributed by atoms with Gasteiger partial charge in [0, 0.05) is 18.3 Å². The predicted molar refractivity (Wildman–Crippen MR) is 93.9 cm³/mol. The van der Waals surface area contributed by atoms with Crippen LogP contribution in [0.1, 0.15) is 0 Å². The zero-order chi connectivity index (χ0) is 17.8. The summed E-state index contributed by atoms with van der Waals surface area (Å²) in [6.07, 6.45) is 3.49. The highest BCUT2D eigenvalue weighted by Gasteiger charge is 2.15. The molecular formula is C17H18N4O4. The number of amides is 2. The Balaban J connectivity index is 1.81. The maximum Gasteiger partial charge on any atom is 0.326 e. The summed E-state index contributed by atoms with van der Waals surface area (Å²) < 4.78 is 17.6. The summed E-state index contributed by atoms with van der Waals surface area (Å²) in [5.74, 6) is 1.77.